The van der Waals surface area contributed by atoms with Gasteiger partial charge in [-0.05, 0) is 94.2 Å². The number of unbranched alkanes of at least 4 members (excludes halogenated alkanes) is 1. The summed E-state index contributed by atoms with van der Waals surface area (Å²) in [4.78, 5) is 209. The van der Waals surface area contributed by atoms with Gasteiger partial charge in [-0.15, -0.1) is 0 Å². The summed E-state index contributed by atoms with van der Waals surface area (Å²) in [6, 6.07) is 4.48. The van der Waals surface area contributed by atoms with Crippen molar-refractivity contribution < 1.29 is 112 Å². The van der Waals surface area contributed by atoms with Crippen LogP contribution >= 0.6 is 23.5 Å². The summed E-state index contributed by atoms with van der Waals surface area (Å²) in [7, 11) is 0. The number of ether oxygens (including phenoxy) is 3. The molecule has 4 aliphatic rings. The van der Waals surface area contributed by atoms with Crippen molar-refractivity contribution in [2.45, 2.75) is 195 Å². The molecule has 15 N–H and O–H groups in total. The maximum absolute atomic E-state index is 15.1. The van der Waals surface area contributed by atoms with Crippen LogP contribution in [0.3, 0.4) is 0 Å². The Hall–Kier alpha value is -9.09. The van der Waals surface area contributed by atoms with Crippen molar-refractivity contribution in [3.8, 4) is 0 Å². The van der Waals surface area contributed by atoms with Crippen LogP contribution in [0.15, 0.2) is 54.6 Å². The second kappa shape index (κ2) is 52.7. The molecule has 4 heterocycles. The molecule has 11 amide bonds. The third-order valence-corrected chi connectivity index (χ3v) is 22.4. The van der Waals surface area contributed by atoms with E-state index in [0.717, 1.165) is 16.7 Å². The summed E-state index contributed by atoms with van der Waals surface area (Å²) in [5.41, 5.74) is 7.88. The molecule has 3 fully saturated rings. The van der Waals surface area contributed by atoms with Gasteiger partial charge in [-0.1, -0.05) is 74.4 Å². The highest BCUT2D eigenvalue weighted by atomic mass is 32.2. The molecular weight excluding hydrogens is 1570 g/mol. The Morgan fingerprint density at radius 3 is 1.68 bits per heavy atom. The van der Waals surface area contributed by atoms with Crippen LogP contribution in [0.25, 0.3) is 0 Å². The fourth-order valence-electron chi connectivity index (χ4n) is 13.8. The number of aliphatic hydroxyl groups excluding tert-OH is 1. The van der Waals surface area contributed by atoms with E-state index in [4.69, 9.17) is 19.9 Å². The van der Waals surface area contributed by atoms with E-state index >= 15 is 4.79 Å². The monoisotopic (exact) mass is 1680 g/mol. The number of amides is 11. The largest absolute Gasteiger partial charge is 0.480 e. The summed E-state index contributed by atoms with van der Waals surface area (Å²) in [6.07, 6.45) is 0.493. The molecule has 0 radical (unpaired) electrons. The number of primary amides is 1. The smallest absolute Gasteiger partial charge is 0.327 e. The van der Waals surface area contributed by atoms with E-state index in [-0.39, 0.29) is 173 Å². The minimum atomic E-state index is -1.74. The van der Waals surface area contributed by atoms with Crippen molar-refractivity contribution in [3.63, 3.8) is 0 Å². The van der Waals surface area contributed by atoms with Gasteiger partial charge < -0.3 is 97.8 Å². The van der Waals surface area contributed by atoms with E-state index in [1.807, 2.05) is 31.2 Å². The first-order chi connectivity index (χ1) is 56.1. The highest BCUT2D eigenvalue weighted by Crippen LogP contribution is 2.28. The molecule has 0 aromatic heterocycles. The normalized spacial score (nSPS) is 21.8. The summed E-state index contributed by atoms with van der Waals surface area (Å²) in [5, 5.41) is 71.6. The number of carbonyl (C=O) groups is 15. The molecule has 2 unspecified atom stereocenters. The highest BCUT2D eigenvalue weighted by Gasteiger charge is 2.45. The van der Waals surface area contributed by atoms with Gasteiger partial charge in [-0.25, -0.2) is 4.79 Å². The molecule has 2 bridgehead atoms. The standard InChI is InChI=1S/C78H118N14O23S2/c1-3-4-17-55(82-66(97)27-26-65(96)81-29-12-39-114-41-43-115-42-40-113-38-11-28-80-64(95)25-23-62(78(111)112)90-36-34-88(45-67(98)99)32-33-89(35-37-90)46-68(100)101)70(102)85-58-49-116-47-53-15-8-16-54(44-53)48-117-50-59(77(109)110)86-72(104)56(21-20-52-13-6-5-7-14-52)83-71(103)57(22-24-63(79)94)84-74(106)69(51(2)93)87-73(105)60-18-9-30-91(60)76(108)61-19-10-31-92(61)75(58)107/h5-8,13-16,44,51,55-62,69,93H,3-4,9-12,17-43,45-50H2,1-2H3,(H2,79,94)(H,80,95)(H,81,96)(H,82,97)(H,83,103)(H,84,106)(H,85,102)(H,86,104)(H,87,105)(H,98,99)(H,100,101)(H,109,110)(H,111,112)/t51-,55+,56+,57+,58+,59?,60+,61+,62?,69+/m1/s1. The number of aliphatic carboxylic acids is 4. The lowest BCUT2D eigenvalue weighted by molar-refractivity contribution is -0.148. The number of nitrogens with two attached hydrogens (primary N) is 1. The van der Waals surface area contributed by atoms with Crippen molar-refractivity contribution in [3.05, 3.63) is 71.3 Å². The van der Waals surface area contributed by atoms with E-state index in [2.05, 4.69) is 42.5 Å². The molecule has 0 saturated carbocycles. The summed E-state index contributed by atoms with van der Waals surface area (Å²) < 4.78 is 16.8. The molecule has 6 rings (SSSR count). The Morgan fingerprint density at radius 1 is 0.573 bits per heavy atom. The SMILES string of the molecule is CCCC[C@H](NC(=O)CCC(=O)NCCCOCCOCCOCCCNC(=O)CCC(C(=O)O)N1CCN(CC(=O)O)CCN(CC(=O)O)CC1)C(=O)N[C@H]1CSCc2cccc(c2)CSCC(C(=O)O)NC(=O)[C@H](CCc2ccccc2)NC(=O)[C@H](CCC(N)=O)NC(=O)[C@H]([C@@H](C)O)NC(=O)[C@@H]2CCCN2C(=O)[C@@H]2CCCN2C1=O. The predicted molar refractivity (Wildman–Crippen MR) is 429 cm³/mol. The quantitative estimate of drug-likeness (QED) is 0.0348. The molecule has 650 valence electrons. The number of thioether (sulfide) groups is 2. The number of benzene rings is 2. The van der Waals surface area contributed by atoms with Crippen LogP contribution in [0.4, 0.5) is 0 Å². The highest BCUT2D eigenvalue weighted by molar-refractivity contribution is 7.98. The zero-order chi connectivity index (χ0) is 85.2. The van der Waals surface area contributed by atoms with Gasteiger partial charge in [0, 0.05) is 127 Å². The van der Waals surface area contributed by atoms with Crippen molar-refractivity contribution in [2.24, 2.45) is 5.73 Å². The summed E-state index contributed by atoms with van der Waals surface area (Å²) in [6.45, 7) is 6.49. The maximum Gasteiger partial charge on any atom is 0.327 e. The molecule has 0 spiro atoms. The topological polar surface area (TPSA) is 523 Å². The van der Waals surface area contributed by atoms with E-state index in [1.165, 1.54) is 40.2 Å². The van der Waals surface area contributed by atoms with Crippen LogP contribution in [0.1, 0.15) is 133 Å². The number of fused-ring (bicyclic) bond motifs is 4. The summed E-state index contributed by atoms with van der Waals surface area (Å²) in [5.74, 6) is -11.9. The average molecular weight is 1680 g/mol. The van der Waals surface area contributed by atoms with E-state index in [1.54, 1.807) is 45.0 Å². The van der Waals surface area contributed by atoms with Crippen molar-refractivity contribution in [2.75, 3.05) is 130 Å². The van der Waals surface area contributed by atoms with Gasteiger partial charge in [0.2, 0.25) is 65.0 Å². The zero-order valence-corrected chi connectivity index (χ0v) is 68.4. The minimum Gasteiger partial charge on any atom is -0.480 e. The first-order valence-electron chi connectivity index (χ1n) is 40.1. The number of hydrogen-bond acceptors (Lipinski definition) is 24. The minimum absolute atomic E-state index is 0.00950. The van der Waals surface area contributed by atoms with Gasteiger partial charge in [-0.3, -0.25) is 81.8 Å². The number of aryl methyl sites for hydroxylation is 1. The van der Waals surface area contributed by atoms with Crippen LogP contribution in [-0.4, -0.2) is 329 Å². The Morgan fingerprint density at radius 2 is 1.11 bits per heavy atom. The Kier molecular flexibility index (Phi) is 43.5. The Balaban J connectivity index is 0.991. The van der Waals surface area contributed by atoms with Crippen LogP contribution in [0.5, 0.6) is 0 Å². The van der Waals surface area contributed by atoms with Gasteiger partial charge >= 0.3 is 23.9 Å². The number of aliphatic hydroxyl groups is 1. The zero-order valence-electron chi connectivity index (χ0n) is 66.8. The fraction of sp³-hybridized carbons (Fsp3) is 0.654. The number of carbonyl (C=O) groups excluding carboxylic acids is 11. The van der Waals surface area contributed by atoms with Crippen molar-refractivity contribution in [1.82, 2.24) is 67.0 Å². The molecule has 4 aliphatic heterocycles. The number of nitrogens with zero attached hydrogens (tertiary/aromatic N) is 5. The lowest BCUT2D eigenvalue weighted by Gasteiger charge is -2.34. The third-order valence-electron chi connectivity index (χ3n) is 20.2. The maximum atomic E-state index is 15.1. The average Bonchev–Trinajstić information content (AvgIpc) is 1.68. The van der Waals surface area contributed by atoms with Crippen molar-refractivity contribution in [1.29, 1.82) is 0 Å². The van der Waals surface area contributed by atoms with Gasteiger partial charge in [0.1, 0.15) is 54.4 Å². The molecule has 10 atom stereocenters. The number of carboxylic acids is 4. The Labute approximate surface area is 689 Å². The first-order valence-corrected chi connectivity index (χ1v) is 42.4. The van der Waals surface area contributed by atoms with Gasteiger partial charge in [-0.2, -0.15) is 23.5 Å². The number of carboxylic acid groups (broad SMARTS) is 4. The molecule has 2 aromatic carbocycles. The molecular formula is C78H118N14O23S2. The van der Waals surface area contributed by atoms with E-state index < -0.39 is 150 Å². The molecule has 0 aliphatic carbocycles. The lowest BCUT2D eigenvalue weighted by Crippen LogP contribution is -2.61. The molecule has 37 nitrogen and oxygen atoms in total. The van der Waals surface area contributed by atoms with Crippen LogP contribution in [0, 0.1) is 0 Å². The van der Waals surface area contributed by atoms with E-state index in [0.29, 0.717) is 76.3 Å². The second-order valence-electron chi connectivity index (χ2n) is 29.3. The van der Waals surface area contributed by atoms with Gasteiger partial charge in [0.25, 0.3) is 0 Å². The van der Waals surface area contributed by atoms with Gasteiger partial charge in [0.05, 0.1) is 45.6 Å². The van der Waals surface area contributed by atoms with Crippen LogP contribution < -0.4 is 48.3 Å². The molecule has 3 saturated heterocycles. The van der Waals surface area contributed by atoms with Crippen molar-refractivity contribution >= 4 is 112 Å². The van der Waals surface area contributed by atoms with Crippen LogP contribution in [0.2, 0.25) is 0 Å². The second-order valence-corrected chi connectivity index (χ2v) is 31.4. The predicted octanol–water partition coefficient (Wildman–Crippen LogP) is -1.22. The molecule has 39 heteroatoms. The van der Waals surface area contributed by atoms with E-state index in [9.17, 15) is 92.7 Å². The Bertz CT molecular complexity index is 3580. The molecule has 2 aromatic rings. The number of rotatable bonds is 40. The van der Waals surface area contributed by atoms with Gasteiger partial charge in [0.15, 0.2) is 0 Å². The molecule has 117 heavy (non-hydrogen) atoms. The number of hydrogen-bond donors (Lipinski definition) is 14. The third kappa shape index (κ3) is 35.6. The fourth-order valence-corrected chi connectivity index (χ4v) is 15.8. The van der Waals surface area contributed by atoms with Crippen LogP contribution in [-0.2, 0) is 104 Å². The first kappa shape index (κ1) is 96.7. The summed E-state index contributed by atoms with van der Waals surface area (Å²) >= 11 is 2.52. The lowest BCUT2D eigenvalue weighted by atomic mass is 10.0. The number of nitrogens with one attached hydrogen (secondary N) is 8.